The highest BCUT2D eigenvalue weighted by Gasteiger charge is 2.08. The van der Waals surface area contributed by atoms with Gasteiger partial charge in [-0.2, -0.15) is 0 Å². The topological polar surface area (TPSA) is 64.0 Å². The molecule has 6 heteroatoms. The molecule has 0 amide bonds. The average Bonchev–Trinajstić information content (AvgIpc) is 2.57. The van der Waals surface area contributed by atoms with Crippen molar-refractivity contribution in [2.24, 2.45) is 0 Å². The van der Waals surface area contributed by atoms with Crippen LogP contribution in [0.25, 0.3) is 0 Å². The highest BCUT2D eigenvalue weighted by atomic mass is 32.2. The molecule has 1 rings (SSSR count). The summed E-state index contributed by atoms with van der Waals surface area (Å²) in [6, 6.07) is 0. The molecular formula is C11H19N3O2S. The van der Waals surface area contributed by atoms with Gasteiger partial charge in [-0.05, 0) is 20.3 Å². The molecule has 0 radical (unpaired) electrons. The number of imidazole rings is 1. The molecule has 0 aliphatic rings. The van der Waals surface area contributed by atoms with Crippen LogP contribution in [0.1, 0.15) is 19.2 Å². The number of hydrogen-bond donors (Lipinski definition) is 1. The molecule has 17 heavy (non-hydrogen) atoms. The Bertz CT molecular complexity index is 477. The Kier molecular flexibility index (Phi) is 4.89. The van der Waals surface area contributed by atoms with Crippen LogP contribution >= 0.6 is 0 Å². The van der Waals surface area contributed by atoms with Crippen LogP contribution in [0.5, 0.6) is 0 Å². The lowest BCUT2D eigenvalue weighted by molar-refractivity contribution is 0.569. The molecule has 0 saturated carbocycles. The molecule has 0 unspecified atom stereocenters. The third kappa shape index (κ3) is 5.14. The van der Waals surface area contributed by atoms with Gasteiger partial charge in [-0.3, -0.25) is 0 Å². The van der Waals surface area contributed by atoms with Crippen LogP contribution in [0.15, 0.2) is 24.5 Å². The fraction of sp³-hybridized carbons (Fsp3) is 0.545. The van der Waals surface area contributed by atoms with Crippen LogP contribution in [0.2, 0.25) is 0 Å². The monoisotopic (exact) mass is 257 g/mol. The lowest BCUT2D eigenvalue weighted by Crippen LogP contribution is -2.28. The number of aromatic nitrogens is 2. The van der Waals surface area contributed by atoms with Gasteiger partial charge in [0.25, 0.3) is 0 Å². The smallest absolute Gasteiger partial charge is 0.215 e. The Balaban J connectivity index is 2.29. The third-order valence-corrected chi connectivity index (χ3v) is 3.77. The van der Waals surface area contributed by atoms with Crippen molar-refractivity contribution in [3.05, 3.63) is 30.4 Å². The minimum Gasteiger partial charge on any atom is -0.335 e. The lowest BCUT2D eigenvalue weighted by atomic mass is 10.4. The summed E-state index contributed by atoms with van der Waals surface area (Å²) in [6.07, 6.45) is 4.37. The second-order valence-corrected chi connectivity index (χ2v) is 5.94. The Morgan fingerprint density at radius 1 is 1.59 bits per heavy atom. The van der Waals surface area contributed by atoms with E-state index in [4.69, 9.17) is 0 Å². The van der Waals surface area contributed by atoms with Gasteiger partial charge in [-0.15, -0.1) is 0 Å². The van der Waals surface area contributed by atoms with E-state index in [-0.39, 0.29) is 5.75 Å². The number of aryl methyl sites for hydroxylation is 2. The first-order valence-electron chi connectivity index (χ1n) is 5.50. The van der Waals surface area contributed by atoms with Crippen LogP contribution in [-0.2, 0) is 16.6 Å². The quantitative estimate of drug-likeness (QED) is 0.587. The van der Waals surface area contributed by atoms with Crippen molar-refractivity contribution in [3.8, 4) is 0 Å². The summed E-state index contributed by atoms with van der Waals surface area (Å²) >= 11 is 0. The molecule has 1 aromatic heterocycles. The molecule has 0 aliphatic carbocycles. The molecule has 1 heterocycles. The maximum Gasteiger partial charge on any atom is 0.215 e. The predicted octanol–water partition coefficient (Wildman–Crippen LogP) is 1.08. The van der Waals surface area contributed by atoms with Gasteiger partial charge in [0.05, 0.1) is 5.75 Å². The minimum absolute atomic E-state index is 0.00287. The molecule has 96 valence electrons. The molecule has 0 atom stereocenters. The van der Waals surface area contributed by atoms with Crippen molar-refractivity contribution in [1.82, 2.24) is 14.3 Å². The van der Waals surface area contributed by atoms with Crippen molar-refractivity contribution in [3.63, 3.8) is 0 Å². The average molecular weight is 257 g/mol. The van der Waals surface area contributed by atoms with E-state index in [1.165, 1.54) is 0 Å². The fourth-order valence-corrected chi connectivity index (χ4v) is 2.70. The van der Waals surface area contributed by atoms with E-state index in [0.717, 1.165) is 18.8 Å². The highest BCUT2D eigenvalue weighted by Crippen LogP contribution is 1.98. The maximum absolute atomic E-state index is 11.5. The van der Waals surface area contributed by atoms with Gasteiger partial charge >= 0.3 is 0 Å². The van der Waals surface area contributed by atoms with Crippen LogP contribution in [0.4, 0.5) is 0 Å². The number of nitrogens with one attached hydrogen (secondary N) is 1. The van der Waals surface area contributed by atoms with Gasteiger partial charge in [0.2, 0.25) is 10.0 Å². The number of hydrogen-bond acceptors (Lipinski definition) is 3. The molecule has 0 aliphatic heterocycles. The fourth-order valence-electron chi connectivity index (χ4n) is 1.49. The first-order chi connectivity index (χ1) is 7.91. The third-order valence-electron chi connectivity index (χ3n) is 2.26. The van der Waals surface area contributed by atoms with Gasteiger partial charge in [-0.1, -0.05) is 12.2 Å². The van der Waals surface area contributed by atoms with Gasteiger partial charge < -0.3 is 4.57 Å². The van der Waals surface area contributed by atoms with Gasteiger partial charge in [0, 0.05) is 25.5 Å². The van der Waals surface area contributed by atoms with Crippen LogP contribution in [0.3, 0.4) is 0 Å². The summed E-state index contributed by atoms with van der Waals surface area (Å²) in [4.78, 5) is 4.10. The number of rotatable bonds is 7. The number of sulfonamides is 1. The van der Waals surface area contributed by atoms with Crippen LogP contribution < -0.4 is 4.72 Å². The second-order valence-electron chi connectivity index (χ2n) is 4.13. The Morgan fingerprint density at radius 3 is 2.82 bits per heavy atom. The zero-order chi connectivity index (χ0) is 12.9. The Hall–Kier alpha value is -1.14. The van der Waals surface area contributed by atoms with Crippen molar-refractivity contribution in [2.75, 3.05) is 12.3 Å². The normalized spacial score (nSPS) is 11.6. The van der Waals surface area contributed by atoms with Gasteiger partial charge in [-0.25, -0.2) is 18.1 Å². The molecule has 0 aromatic carbocycles. The molecule has 5 nitrogen and oxygen atoms in total. The molecule has 0 saturated heterocycles. The first kappa shape index (κ1) is 13.9. The zero-order valence-corrected chi connectivity index (χ0v) is 11.1. The second kappa shape index (κ2) is 5.97. The summed E-state index contributed by atoms with van der Waals surface area (Å²) in [6.45, 7) is 8.42. The molecule has 0 fully saturated rings. The lowest BCUT2D eigenvalue weighted by Gasteiger charge is -2.07. The summed E-state index contributed by atoms with van der Waals surface area (Å²) < 4.78 is 27.5. The molecule has 0 spiro atoms. The molecule has 1 aromatic rings. The predicted molar refractivity (Wildman–Crippen MR) is 68.2 cm³/mol. The maximum atomic E-state index is 11.5. The van der Waals surface area contributed by atoms with E-state index in [0.29, 0.717) is 12.1 Å². The SMILES string of the molecule is C=C(C)CS(=O)(=O)NCCCn1ccnc1C. The van der Waals surface area contributed by atoms with Crippen LogP contribution in [0, 0.1) is 6.92 Å². The van der Waals surface area contributed by atoms with Gasteiger partial charge in [0.1, 0.15) is 5.82 Å². The van der Waals surface area contributed by atoms with Gasteiger partial charge in [0.15, 0.2) is 0 Å². The van der Waals surface area contributed by atoms with E-state index in [1.807, 2.05) is 17.7 Å². The summed E-state index contributed by atoms with van der Waals surface area (Å²) in [5.41, 5.74) is 0.642. The van der Waals surface area contributed by atoms with Crippen molar-refractivity contribution >= 4 is 10.0 Å². The standard InChI is InChI=1S/C11H19N3O2S/c1-10(2)9-17(15,16)13-5-4-7-14-8-6-12-11(14)3/h6,8,13H,1,4-5,7,9H2,2-3H3. The highest BCUT2D eigenvalue weighted by molar-refractivity contribution is 7.89. The number of nitrogens with zero attached hydrogens (tertiary/aromatic N) is 2. The van der Waals surface area contributed by atoms with Crippen molar-refractivity contribution < 1.29 is 8.42 Å². The minimum atomic E-state index is -3.21. The van der Waals surface area contributed by atoms with E-state index >= 15 is 0 Å². The summed E-state index contributed by atoms with van der Waals surface area (Å²) in [7, 11) is -3.21. The molecular weight excluding hydrogens is 238 g/mol. The van der Waals surface area contributed by atoms with E-state index in [2.05, 4.69) is 16.3 Å². The van der Waals surface area contributed by atoms with Crippen LogP contribution in [-0.4, -0.2) is 30.3 Å². The van der Waals surface area contributed by atoms with E-state index in [9.17, 15) is 8.42 Å². The van der Waals surface area contributed by atoms with E-state index < -0.39 is 10.0 Å². The zero-order valence-electron chi connectivity index (χ0n) is 10.3. The Morgan fingerprint density at radius 2 is 2.29 bits per heavy atom. The van der Waals surface area contributed by atoms with Crippen molar-refractivity contribution in [1.29, 1.82) is 0 Å². The largest absolute Gasteiger partial charge is 0.335 e. The first-order valence-corrected chi connectivity index (χ1v) is 7.15. The van der Waals surface area contributed by atoms with Crippen molar-refractivity contribution in [2.45, 2.75) is 26.8 Å². The molecule has 0 bridgehead atoms. The Labute approximate surface area is 103 Å². The summed E-state index contributed by atoms with van der Waals surface area (Å²) in [5.74, 6) is 0.937. The van der Waals surface area contributed by atoms with E-state index in [1.54, 1.807) is 13.1 Å². The summed E-state index contributed by atoms with van der Waals surface area (Å²) in [5, 5.41) is 0. The molecule has 1 N–H and O–H groups in total.